The second kappa shape index (κ2) is 6.42. The minimum Gasteiger partial charge on any atom is -0.343 e. The number of pyridine rings is 1. The van der Waals surface area contributed by atoms with Gasteiger partial charge in [-0.3, -0.25) is 14.6 Å². The topological polar surface area (TPSA) is 71.1 Å². The molecule has 5 nitrogen and oxygen atoms in total. The summed E-state index contributed by atoms with van der Waals surface area (Å²) in [4.78, 5) is 27.1. The first-order valence-corrected chi connectivity index (χ1v) is 5.89. The molecule has 0 aliphatic rings. The van der Waals surface area contributed by atoms with Crippen molar-refractivity contribution in [2.45, 2.75) is 0 Å². The van der Waals surface area contributed by atoms with Gasteiger partial charge < -0.3 is 10.6 Å². The molecule has 1 aromatic heterocycles. The number of rotatable bonds is 4. The number of benzene rings is 1. The van der Waals surface area contributed by atoms with Crippen molar-refractivity contribution in [1.29, 1.82) is 0 Å². The molecular formula is C14H12FN3O2. The Labute approximate surface area is 114 Å². The molecule has 2 aromatic rings. The Morgan fingerprint density at radius 1 is 1.15 bits per heavy atom. The van der Waals surface area contributed by atoms with Crippen LogP contribution in [0.4, 0.5) is 10.1 Å². The fraction of sp³-hybridized carbons (Fsp3) is 0.0714. The minimum atomic E-state index is -0.635. The first kappa shape index (κ1) is 13.7. The van der Waals surface area contributed by atoms with E-state index < -0.39 is 17.6 Å². The maximum Gasteiger partial charge on any atom is 0.254 e. The zero-order chi connectivity index (χ0) is 14.4. The Morgan fingerprint density at radius 2 is 1.95 bits per heavy atom. The van der Waals surface area contributed by atoms with Crippen LogP contribution in [0, 0.1) is 5.82 Å². The average Bonchev–Trinajstić information content (AvgIpc) is 2.46. The van der Waals surface area contributed by atoms with Crippen molar-refractivity contribution >= 4 is 17.5 Å². The van der Waals surface area contributed by atoms with E-state index in [2.05, 4.69) is 15.6 Å². The fourth-order valence-electron chi connectivity index (χ4n) is 1.54. The SMILES string of the molecule is O=C(CNC(=O)c1ccccc1F)Nc1cccnc1. The standard InChI is InChI=1S/C14H12FN3O2/c15-12-6-2-1-5-11(12)14(20)17-9-13(19)18-10-4-3-7-16-8-10/h1-8H,9H2,(H,17,20)(H,18,19). The van der Waals surface area contributed by atoms with Gasteiger partial charge in [-0.15, -0.1) is 0 Å². The molecule has 0 aliphatic heterocycles. The van der Waals surface area contributed by atoms with Gasteiger partial charge in [0.2, 0.25) is 5.91 Å². The molecule has 1 heterocycles. The molecular weight excluding hydrogens is 261 g/mol. The predicted molar refractivity (Wildman–Crippen MR) is 71.6 cm³/mol. The van der Waals surface area contributed by atoms with Crippen LogP contribution >= 0.6 is 0 Å². The van der Waals surface area contributed by atoms with Crippen LogP contribution in [0.1, 0.15) is 10.4 Å². The van der Waals surface area contributed by atoms with E-state index in [0.29, 0.717) is 5.69 Å². The van der Waals surface area contributed by atoms with E-state index in [1.54, 1.807) is 24.4 Å². The summed E-state index contributed by atoms with van der Waals surface area (Å²) in [5.74, 6) is -1.68. The third-order valence-electron chi connectivity index (χ3n) is 2.47. The van der Waals surface area contributed by atoms with Crippen LogP contribution in [0.2, 0.25) is 0 Å². The highest BCUT2D eigenvalue weighted by molar-refractivity contribution is 5.99. The lowest BCUT2D eigenvalue weighted by Crippen LogP contribution is -2.33. The number of carbonyl (C=O) groups excluding carboxylic acids is 2. The van der Waals surface area contributed by atoms with Crippen molar-refractivity contribution in [2.24, 2.45) is 0 Å². The summed E-state index contributed by atoms with van der Waals surface area (Å²) in [6, 6.07) is 8.92. The average molecular weight is 273 g/mol. The van der Waals surface area contributed by atoms with Crippen LogP contribution in [-0.2, 0) is 4.79 Å². The zero-order valence-electron chi connectivity index (χ0n) is 10.5. The molecule has 0 radical (unpaired) electrons. The third kappa shape index (κ3) is 3.61. The quantitative estimate of drug-likeness (QED) is 0.888. The number of nitrogens with zero attached hydrogens (tertiary/aromatic N) is 1. The van der Waals surface area contributed by atoms with E-state index in [9.17, 15) is 14.0 Å². The number of hydrogen-bond acceptors (Lipinski definition) is 3. The monoisotopic (exact) mass is 273 g/mol. The molecule has 102 valence electrons. The Kier molecular flexibility index (Phi) is 4.39. The molecule has 0 saturated carbocycles. The van der Waals surface area contributed by atoms with Gasteiger partial charge in [0.1, 0.15) is 5.82 Å². The number of anilines is 1. The van der Waals surface area contributed by atoms with Gasteiger partial charge in [0, 0.05) is 6.20 Å². The van der Waals surface area contributed by atoms with Crippen molar-refractivity contribution in [3.8, 4) is 0 Å². The summed E-state index contributed by atoms with van der Waals surface area (Å²) in [7, 11) is 0. The highest BCUT2D eigenvalue weighted by atomic mass is 19.1. The number of hydrogen-bond donors (Lipinski definition) is 2. The van der Waals surface area contributed by atoms with Crippen molar-refractivity contribution < 1.29 is 14.0 Å². The lowest BCUT2D eigenvalue weighted by Gasteiger charge is -2.07. The number of nitrogens with one attached hydrogen (secondary N) is 2. The first-order chi connectivity index (χ1) is 9.66. The number of aromatic nitrogens is 1. The number of amides is 2. The molecule has 20 heavy (non-hydrogen) atoms. The molecule has 2 N–H and O–H groups in total. The van der Waals surface area contributed by atoms with Crippen molar-refractivity contribution in [3.63, 3.8) is 0 Å². The van der Waals surface area contributed by atoms with E-state index in [-0.39, 0.29) is 12.1 Å². The van der Waals surface area contributed by atoms with E-state index in [4.69, 9.17) is 0 Å². The smallest absolute Gasteiger partial charge is 0.254 e. The van der Waals surface area contributed by atoms with E-state index in [1.165, 1.54) is 24.4 Å². The predicted octanol–water partition coefficient (Wildman–Crippen LogP) is 1.59. The number of carbonyl (C=O) groups is 2. The summed E-state index contributed by atoms with van der Waals surface area (Å²) in [5.41, 5.74) is 0.430. The Hall–Kier alpha value is -2.76. The van der Waals surface area contributed by atoms with Crippen molar-refractivity contribution in [3.05, 3.63) is 60.2 Å². The van der Waals surface area contributed by atoms with Crippen LogP contribution in [0.5, 0.6) is 0 Å². The molecule has 1 aromatic carbocycles. The maximum absolute atomic E-state index is 13.3. The van der Waals surface area contributed by atoms with Gasteiger partial charge in [-0.2, -0.15) is 0 Å². The van der Waals surface area contributed by atoms with Crippen LogP contribution in [0.3, 0.4) is 0 Å². The largest absolute Gasteiger partial charge is 0.343 e. The lowest BCUT2D eigenvalue weighted by atomic mass is 10.2. The van der Waals surface area contributed by atoms with Gasteiger partial charge in [0.15, 0.2) is 0 Å². The third-order valence-corrected chi connectivity index (χ3v) is 2.47. The van der Waals surface area contributed by atoms with Gasteiger partial charge in [-0.1, -0.05) is 12.1 Å². The summed E-state index contributed by atoms with van der Waals surface area (Å²) in [6.07, 6.45) is 3.06. The summed E-state index contributed by atoms with van der Waals surface area (Å²) in [6.45, 7) is -0.248. The van der Waals surface area contributed by atoms with Gasteiger partial charge >= 0.3 is 0 Å². The summed E-state index contributed by atoms with van der Waals surface area (Å²) in [5, 5.41) is 4.90. The Balaban J connectivity index is 1.88. The maximum atomic E-state index is 13.3. The normalized spacial score (nSPS) is 9.85. The van der Waals surface area contributed by atoms with Gasteiger partial charge in [0.25, 0.3) is 5.91 Å². The van der Waals surface area contributed by atoms with Gasteiger partial charge in [0.05, 0.1) is 24.0 Å². The Bertz CT molecular complexity index is 617. The van der Waals surface area contributed by atoms with E-state index >= 15 is 0 Å². The molecule has 0 spiro atoms. The summed E-state index contributed by atoms with van der Waals surface area (Å²) >= 11 is 0. The fourth-order valence-corrected chi connectivity index (χ4v) is 1.54. The molecule has 0 atom stereocenters. The van der Waals surface area contributed by atoms with Crippen LogP contribution < -0.4 is 10.6 Å². The first-order valence-electron chi connectivity index (χ1n) is 5.89. The number of halogens is 1. The van der Waals surface area contributed by atoms with Crippen molar-refractivity contribution in [1.82, 2.24) is 10.3 Å². The molecule has 0 saturated heterocycles. The van der Waals surface area contributed by atoms with Crippen LogP contribution in [-0.4, -0.2) is 23.3 Å². The molecule has 0 unspecified atom stereocenters. The second-order valence-corrected chi connectivity index (χ2v) is 3.95. The van der Waals surface area contributed by atoms with Crippen molar-refractivity contribution in [2.75, 3.05) is 11.9 Å². The summed E-state index contributed by atoms with van der Waals surface area (Å²) < 4.78 is 13.3. The molecule has 2 rings (SSSR count). The zero-order valence-corrected chi connectivity index (χ0v) is 10.5. The highest BCUT2D eigenvalue weighted by Crippen LogP contribution is 2.06. The van der Waals surface area contributed by atoms with Crippen LogP contribution in [0.15, 0.2) is 48.8 Å². The molecule has 0 aliphatic carbocycles. The molecule has 0 bridgehead atoms. The van der Waals surface area contributed by atoms with Crippen LogP contribution in [0.25, 0.3) is 0 Å². The molecule has 6 heteroatoms. The van der Waals surface area contributed by atoms with Gasteiger partial charge in [-0.25, -0.2) is 4.39 Å². The minimum absolute atomic E-state index is 0.0957. The molecule has 0 fully saturated rings. The second-order valence-electron chi connectivity index (χ2n) is 3.95. The molecule has 2 amide bonds. The lowest BCUT2D eigenvalue weighted by molar-refractivity contribution is -0.115. The van der Waals surface area contributed by atoms with E-state index in [1.807, 2.05) is 0 Å². The van der Waals surface area contributed by atoms with Gasteiger partial charge in [-0.05, 0) is 24.3 Å². The highest BCUT2D eigenvalue weighted by Gasteiger charge is 2.11. The van der Waals surface area contributed by atoms with E-state index in [0.717, 1.165) is 0 Å². The Morgan fingerprint density at radius 3 is 2.65 bits per heavy atom.